The van der Waals surface area contributed by atoms with Crippen molar-refractivity contribution in [1.82, 2.24) is 5.32 Å². The molecule has 0 heterocycles. The molecular weight excluding hydrogens is 255 g/mol. The maximum absolute atomic E-state index is 11.8. The van der Waals surface area contributed by atoms with E-state index in [4.69, 9.17) is 11.6 Å². The van der Waals surface area contributed by atoms with Crippen molar-refractivity contribution >= 4 is 11.6 Å². The molecule has 0 aliphatic heterocycles. The minimum Gasteiger partial charge on any atom is -0.371 e. The molecule has 17 heavy (non-hydrogen) atoms. The van der Waals surface area contributed by atoms with Crippen molar-refractivity contribution in [2.75, 3.05) is 25.6 Å². The Morgan fingerprint density at radius 2 is 1.82 bits per heavy atom. The second kappa shape index (κ2) is 6.81. The highest BCUT2D eigenvalue weighted by Gasteiger charge is 2.30. The van der Waals surface area contributed by atoms with Gasteiger partial charge in [-0.2, -0.15) is 13.2 Å². The summed E-state index contributed by atoms with van der Waals surface area (Å²) in [5.74, 6) is 0.506. The van der Waals surface area contributed by atoms with Gasteiger partial charge in [-0.3, -0.25) is 0 Å². The van der Waals surface area contributed by atoms with Crippen molar-refractivity contribution < 1.29 is 17.9 Å². The van der Waals surface area contributed by atoms with Crippen LogP contribution in [0.4, 0.5) is 13.2 Å². The first-order valence-corrected chi connectivity index (χ1v) is 6.46. The van der Waals surface area contributed by atoms with E-state index in [-0.39, 0.29) is 12.1 Å². The lowest BCUT2D eigenvalue weighted by Gasteiger charge is -2.36. The Bertz CT molecular complexity index is 217. The van der Waals surface area contributed by atoms with Crippen LogP contribution in [-0.4, -0.2) is 37.4 Å². The highest BCUT2D eigenvalue weighted by Crippen LogP contribution is 2.29. The molecule has 0 spiro atoms. The number of halogens is 4. The Hall–Kier alpha value is 0. The summed E-state index contributed by atoms with van der Waals surface area (Å²) in [7, 11) is 0. The van der Waals surface area contributed by atoms with Gasteiger partial charge < -0.3 is 10.1 Å². The van der Waals surface area contributed by atoms with Gasteiger partial charge in [-0.15, -0.1) is 11.6 Å². The molecule has 0 aromatic carbocycles. The number of ether oxygens (including phenoxy) is 1. The Labute approximate surface area is 105 Å². The summed E-state index contributed by atoms with van der Waals surface area (Å²) in [4.78, 5) is 0. The van der Waals surface area contributed by atoms with Gasteiger partial charge >= 0.3 is 6.18 Å². The molecule has 1 aliphatic carbocycles. The third-order valence-electron chi connectivity index (χ3n) is 3.08. The van der Waals surface area contributed by atoms with E-state index in [1.165, 1.54) is 6.42 Å². The molecule has 2 nitrogen and oxygen atoms in total. The number of nitrogens with one attached hydrogen (secondary N) is 1. The molecular formula is C11H19ClF3NO. The summed E-state index contributed by atoms with van der Waals surface area (Å²) in [5.41, 5.74) is -0.0958. The minimum atomic E-state index is -4.24. The van der Waals surface area contributed by atoms with E-state index >= 15 is 0 Å². The topological polar surface area (TPSA) is 21.3 Å². The summed E-state index contributed by atoms with van der Waals surface area (Å²) in [6.45, 7) is -0.691. The van der Waals surface area contributed by atoms with Crippen molar-refractivity contribution in [2.24, 2.45) is 0 Å². The van der Waals surface area contributed by atoms with Crippen molar-refractivity contribution in [3.05, 3.63) is 0 Å². The van der Waals surface area contributed by atoms with E-state index in [1.54, 1.807) is 0 Å². The molecule has 1 rings (SSSR count). The van der Waals surface area contributed by atoms with Crippen molar-refractivity contribution in [1.29, 1.82) is 0 Å². The van der Waals surface area contributed by atoms with Crippen LogP contribution in [0.5, 0.6) is 0 Å². The summed E-state index contributed by atoms with van der Waals surface area (Å²) in [6, 6.07) is 0. The van der Waals surface area contributed by atoms with E-state index in [1.807, 2.05) is 0 Å². The van der Waals surface area contributed by atoms with Crippen molar-refractivity contribution in [3.63, 3.8) is 0 Å². The standard InChI is InChI=1S/C11H19ClF3NO/c12-8-10(4-2-1-3-5-10)16-6-7-17-9-11(13,14)15/h16H,1-9H2. The van der Waals surface area contributed by atoms with Crippen LogP contribution < -0.4 is 5.32 Å². The van der Waals surface area contributed by atoms with Gasteiger partial charge in [0.1, 0.15) is 6.61 Å². The quantitative estimate of drug-likeness (QED) is 0.593. The normalized spacial score (nSPS) is 20.5. The van der Waals surface area contributed by atoms with Crippen LogP contribution in [-0.2, 0) is 4.74 Å². The summed E-state index contributed by atoms with van der Waals surface area (Å²) >= 11 is 5.94. The third-order valence-corrected chi connectivity index (χ3v) is 3.59. The highest BCUT2D eigenvalue weighted by atomic mass is 35.5. The van der Waals surface area contributed by atoms with Crippen LogP contribution in [0.2, 0.25) is 0 Å². The van der Waals surface area contributed by atoms with Crippen LogP contribution in [0.15, 0.2) is 0 Å². The molecule has 102 valence electrons. The molecule has 0 aromatic heterocycles. The molecule has 1 saturated carbocycles. The molecule has 0 radical (unpaired) electrons. The fraction of sp³-hybridized carbons (Fsp3) is 1.00. The Morgan fingerprint density at radius 1 is 1.18 bits per heavy atom. The molecule has 0 saturated heterocycles. The number of hydrogen-bond acceptors (Lipinski definition) is 2. The summed E-state index contributed by atoms with van der Waals surface area (Å²) in [5, 5.41) is 3.25. The average Bonchev–Trinajstić information content (AvgIpc) is 2.28. The van der Waals surface area contributed by atoms with Gasteiger partial charge in [0.2, 0.25) is 0 Å². The predicted octanol–water partition coefficient (Wildman–Crippen LogP) is 3.10. The van der Waals surface area contributed by atoms with Gasteiger partial charge in [0.15, 0.2) is 0 Å². The Kier molecular flexibility index (Phi) is 6.03. The first kappa shape index (κ1) is 15.1. The van der Waals surface area contributed by atoms with Crippen LogP contribution in [0.1, 0.15) is 32.1 Å². The number of rotatable bonds is 6. The third kappa shape index (κ3) is 5.93. The zero-order valence-corrected chi connectivity index (χ0v) is 10.5. The fourth-order valence-electron chi connectivity index (χ4n) is 2.16. The smallest absolute Gasteiger partial charge is 0.371 e. The number of alkyl halides is 4. The second-order valence-electron chi connectivity index (χ2n) is 4.57. The van der Waals surface area contributed by atoms with Crippen molar-refractivity contribution in [3.8, 4) is 0 Å². The fourth-order valence-corrected chi connectivity index (χ4v) is 2.52. The van der Waals surface area contributed by atoms with E-state index in [0.717, 1.165) is 25.7 Å². The number of hydrogen-bond donors (Lipinski definition) is 1. The Balaban J connectivity index is 2.15. The van der Waals surface area contributed by atoms with Gasteiger partial charge in [-0.1, -0.05) is 19.3 Å². The predicted molar refractivity (Wildman–Crippen MR) is 61.4 cm³/mol. The SMILES string of the molecule is FC(F)(F)COCCNC1(CCl)CCCCC1. The molecule has 1 aliphatic rings. The molecule has 0 aromatic rings. The molecule has 0 unspecified atom stereocenters. The van der Waals surface area contributed by atoms with Crippen LogP contribution in [0.3, 0.4) is 0 Å². The second-order valence-corrected chi connectivity index (χ2v) is 4.84. The largest absolute Gasteiger partial charge is 0.411 e. The summed E-state index contributed by atoms with van der Waals surface area (Å²) in [6.07, 6.45) is 1.22. The molecule has 0 bridgehead atoms. The van der Waals surface area contributed by atoms with Gasteiger partial charge in [-0.05, 0) is 12.8 Å². The van der Waals surface area contributed by atoms with Gasteiger partial charge in [-0.25, -0.2) is 0 Å². The highest BCUT2D eigenvalue weighted by molar-refractivity contribution is 6.18. The molecule has 0 atom stereocenters. The van der Waals surface area contributed by atoms with Crippen LogP contribution >= 0.6 is 11.6 Å². The Morgan fingerprint density at radius 3 is 2.35 bits per heavy atom. The van der Waals surface area contributed by atoms with Crippen LogP contribution in [0.25, 0.3) is 0 Å². The average molecular weight is 274 g/mol. The van der Waals surface area contributed by atoms with Gasteiger partial charge in [0, 0.05) is 18.0 Å². The lowest BCUT2D eigenvalue weighted by Crippen LogP contribution is -2.49. The molecule has 6 heteroatoms. The zero-order valence-electron chi connectivity index (χ0n) is 9.78. The minimum absolute atomic E-state index is 0.0676. The molecule has 1 fully saturated rings. The van der Waals surface area contributed by atoms with E-state index in [9.17, 15) is 13.2 Å². The first-order chi connectivity index (χ1) is 7.97. The lowest BCUT2D eigenvalue weighted by molar-refractivity contribution is -0.173. The lowest BCUT2D eigenvalue weighted by atomic mass is 9.83. The van der Waals surface area contributed by atoms with Gasteiger partial charge in [0.25, 0.3) is 0 Å². The van der Waals surface area contributed by atoms with E-state index in [0.29, 0.717) is 12.4 Å². The monoisotopic (exact) mass is 273 g/mol. The van der Waals surface area contributed by atoms with E-state index < -0.39 is 12.8 Å². The van der Waals surface area contributed by atoms with Gasteiger partial charge in [0.05, 0.1) is 6.61 Å². The first-order valence-electron chi connectivity index (χ1n) is 5.93. The van der Waals surface area contributed by atoms with Crippen molar-refractivity contribution in [2.45, 2.75) is 43.8 Å². The molecule has 0 amide bonds. The molecule has 1 N–H and O–H groups in total. The maximum Gasteiger partial charge on any atom is 0.411 e. The van der Waals surface area contributed by atoms with Crippen LogP contribution in [0, 0.1) is 0 Å². The zero-order chi connectivity index (χ0) is 12.8. The maximum atomic E-state index is 11.8. The summed E-state index contributed by atoms with van der Waals surface area (Å²) < 4.78 is 40.0. The van der Waals surface area contributed by atoms with E-state index in [2.05, 4.69) is 10.1 Å².